The van der Waals surface area contributed by atoms with E-state index in [0.29, 0.717) is 17.2 Å². The van der Waals surface area contributed by atoms with Gasteiger partial charge in [0.25, 0.3) is 5.91 Å². The van der Waals surface area contributed by atoms with Crippen molar-refractivity contribution in [2.24, 2.45) is 0 Å². The SMILES string of the molecule is CCCS(=O)(=O)NC(=O)c1cc(C(C=N)C(=N)n2nc(C(F)(F)F)cc2CCOc2cc(N)cc(OC)c2)cnc1OC. The van der Waals surface area contributed by atoms with E-state index in [4.69, 9.17) is 30.8 Å². The Morgan fingerprint density at radius 1 is 1.16 bits per heavy atom. The van der Waals surface area contributed by atoms with Crippen LogP contribution in [-0.4, -0.2) is 67.7 Å². The Labute approximate surface area is 245 Å². The van der Waals surface area contributed by atoms with E-state index >= 15 is 0 Å². The Bertz CT molecular complexity index is 1610. The van der Waals surface area contributed by atoms with Crippen molar-refractivity contribution in [3.8, 4) is 17.4 Å². The Morgan fingerprint density at radius 2 is 1.86 bits per heavy atom. The molecule has 0 saturated carbocycles. The monoisotopic (exact) mass is 625 g/mol. The van der Waals surface area contributed by atoms with Gasteiger partial charge in [0.05, 0.1) is 32.5 Å². The van der Waals surface area contributed by atoms with Gasteiger partial charge in [-0.15, -0.1) is 0 Å². The molecular formula is C26H30F3N7O6S. The molecule has 13 nitrogen and oxygen atoms in total. The minimum Gasteiger partial charge on any atom is -0.497 e. The van der Waals surface area contributed by atoms with Crippen LogP contribution in [0.5, 0.6) is 17.4 Å². The fraction of sp³-hybridized carbons (Fsp3) is 0.346. The number of nitrogens with one attached hydrogen (secondary N) is 3. The van der Waals surface area contributed by atoms with E-state index in [9.17, 15) is 26.4 Å². The maximum atomic E-state index is 13.6. The molecule has 2 aromatic heterocycles. The zero-order valence-corrected chi connectivity index (χ0v) is 24.2. The number of sulfonamides is 1. The van der Waals surface area contributed by atoms with Crippen LogP contribution < -0.4 is 24.7 Å². The zero-order valence-electron chi connectivity index (χ0n) is 23.4. The molecule has 5 N–H and O–H groups in total. The van der Waals surface area contributed by atoms with E-state index in [1.54, 1.807) is 19.1 Å². The number of anilines is 1. The minimum absolute atomic E-state index is 0.0250. The molecule has 0 radical (unpaired) electrons. The molecule has 0 spiro atoms. The van der Waals surface area contributed by atoms with Crippen molar-refractivity contribution < 1.29 is 40.6 Å². The van der Waals surface area contributed by atoms with Gasteiger partial charge in [0.15, 0.2) is 5.69 Å². The van der Waals surface area contributed by atoms with Crippen molar-refractivity contribution in [3.05, 3.63) is 59.0 Å². The van der Waals surface area contributed by atoms with Gasteiger partial charge in [-0.2, -0.15) is 18.3 Å². The summed E-state index contributed by atoms with van der Waals surface area (Å²) in [5.41, 5.74) is 4.55. The number of alkyl halides is 3. The van der Waals surface area contributed by atoms with Crippen LogP contribution >= 0.6 is 0 Å². The largest absolute Gasteiger partial charge is 0.497 e. The number of amides is 1. The first-order chi connectivity index (χ1) is 20.2. The Balaban J connectivity index is 1.94. The van der Waals surface area contributed by atoms with Crippen LogP contribution in [0, 0.1) is 10.8 Å². The van der Waals surface area contributed by atoms with Gasteiger partial charge in [-0.25, -0.2) is 22.8 Å². The highest BCUT2D eigenvalue weighted by Crippen LogP contribution is 2.30. The third-order valence-electron chi connectivity index (χ3n) is 5.92. The lowest BCUT2D eigenvalue weighted by atomic mass is 9.99. The molecule has 0 bridgehead atoms. The number of methoxy groups -OCH3 is 2. The normalized spacial score (nSPS) is 12.3. The second-order valence-electron chi connectivity index (χ2n) is 9.08. The molecule has 0 aliphatic carbocycles. The minimum atomic E-state index is -4.83. The lowest BCUT2D eigenvalue weighted by Gasteiger charge is -2.18. The summed E-state index contributed by atoms with van der Waals surface area (Å²) in [6, 6.07) is 6.52. The van der Waals surface area contributed by atoms with Gasteiger partial charge in [-0.1, -0.05) is 6.92 Å². The molecule has 17 heteroatoms. The molecule has 3 aromatic rings. The summed E-state index contributed by atoms with van der Waals surface area (Å²) in [5.74, 6) is -2.80. The fourth-order valence-electron chi connectivity index (χ4n) is 3.96. The molecule has 232 valence electrons. The summed E-state index contributed by atoms with van der Waals surface area (Å²) in [4.78, 5) is 16.8. The van der Waals surface area contributed by atoms with Crippen LogP contribution in [0.2, 0.25) is 0 Å². The second-order valence-corrected chi connectivity index (χ2v) is 10.9. The summed E-state index contributed by atoms with van der Waals surface area (Å²) in [5, 5.41) is 20.2. The maximum absolute atomic E-state index is 13.6. The van der Waals surface area contributed by atoms with Crippen molar-refractivity contribution in [1.29, 1.82) is 10.8 Å². The third-order valence-corrected chi connectivity index (χ3v) is 7.36. The van der Waals surface area contributed by atoms with Crippen LogP contribution in [0.4, 0.5) is 18.9 Å². The van der Waals surface area contributed by atoms with E-state index in [1.807, 2.05) is 4.72 Å². The van der Waals surface area contributed by atoms with Crippen molar-refractivity contribution in [1.82, 2.24) is 19.5 Å². The third kappa shape index (κ3) is 8.21. The van der Waals surface area contributed by atoms with Gasteiger partial charge in [0, 0.05) is 48.4 Å². The molecule has 0 aliphatic rings. The molecule has 2 heterocycles. The Hall–Kier alpha value is -4.67. The molecule has 1 amide bonds. The predicted octanol–water partition coefficient (Wildman–Crippen LogP) is 3.25. The van der Waals surface area contributed by atoms with E-state index in [1.165, 1.54) is 20.3 Å². The molecule has 0 saturated heterocycles. The first-order valence-corrected chi connectivity index (χ1v) is 14.3. The molecule has 1 atom stereocenters. The van der Waals surface area contributed by atoms with Crippen molar-refractivity contribution in [2.45, 2.75) is 31.9 Å². The van der Waals surface area contributed by atoms with E-state index in [0.717, 1.165) is 29.2 Å². The van der Waals surface area contributed by atoms with Crippen LogP contribution in [0.15, 0.2) is 36.5 Å². The summed E-state index contributed by atoms with van der Waals surface area (Å²) < 4.78 is 83.6. The number of nitrogen functional groups attached to an aromatic ring is 1. The number of carbonyl (C=O) groups excluding carboxylic acids is 1. The number of rotatable bonds is 13. The summed E-state index contributed by atoms with van der Waals surface area (Å²) in [6.07, 6.45) is -2.80. The molecule has 3 rings (SSSR count). The summed E-state index contributed by atoms with van der Waals surface area (Å²) in [6.45, 7) is 1.49. The number of hydrogen-bond acceptors (Lipinski definition) is 11. The van der Waals surface area contributed by atoms with E-state index in [-0.39, 0.29) is 47.9 Å². The molecule has 0 aliphatic heterocycles. The average molecular weight is 626 g/mol. The first-order valence-electron chi connectivity index (χ1n) is 12.6. The average Bonchev–Trinajstić information content (AvgIpc) is 3.37. The molecule has 1 unspecified atom stereocenters. The summed E-state index contributed by atoms with van der Waals surface area (Å²) >= 11 is 0. The number of ether oxygens (including phenoxy) is 3. The predicted molar refractivity (Wildman–Crippen MR) is 151 cm³/mol. The van der Waals surface area contributed by atoms with Gasteiger partial charge in [0.1, 0.15) is 22.9 Å². The number of pyridine rings is 1. The highest BCUT2D eigenvalue weighted by molar-refractivity contribution is 7.90. The number of nitrogens with two attached hydrogens (primary N) is 1. The van der Waals surface area contributed by atoms with Crippen LogP contribution in [0.3, 0.4) is 0 Å². The highest BCUT2D eigenvalue weighted by Gasteiger charge is 2.36. The van der Waals surface area contributed by atoms with Gasteiger partial charge in [0.2, 0.25) is 15.9 Å². The quantitative estimate of drug-likeness (QED) is 0.125. The van der Waals surface area contributed by atoms with Crippen LogP contribution in [0.25, 0.3) is 0 Å². The smallest absolute Gasteiger partial charge is 0.435 e. The molecular weight excluding hydrogens is 595 g/mol. The number of aromatic nitrogens is 3. The van der Waals surface area contributed by atoms with Crippen LogP contribution in [0.1, 0.15) is 46.6 Å². The van der Waals surface area contributed by atoms with Crippen molar-refractivity contribution in [2.75, 3.05) is 32.3 Å². The number of nitrogens with zero attached hydrogens (tertiary/aromatic N) is 3. The number of halogens is 3. The maximum Gasteiger partial charge on any atom is 0.435 e. The standard InChI is InChI=1S/C26H30F3N7O6S/c1-4-7-43(38,39)35-24(37)20-8-15(14-33-25(20)41-3)21(13-30)23(32)36-17(11-22(34-36)26(27,28)29)5-6-42-19-10-16(31)9-18(12-19)40-2/h8-14,21,30,32H,4-7,31H2,1-3H3,(H,35,37). The fourth-order valence-corrected chi connectivity index (χ4v) is 4.99. The number of hydrogen-bond donors (Lipinski definition) is 4. The topological polar surface area (TPSA) is 195 Å². The molecule has 0 fully saturated rings. The zero-order chi connectivity index (χ0) is 31.9. The van der Waals surface area contributed by atoms with Gasteiger partial charge < -0.3 is 25.4 Å². The Kier molecular flexibility index (Phi) is 10.3. The lowest BCUT2D eigenvalue weighted by molar-refractivity contribution is -0.141. The first kappa shape index (κ1) is 32.8. The Morgan fingerprint density at radius 3 is 2.47 bits per heavy atom. The van der Waals surface area contributed by atoms with E-state index in [2.05, 4.69) is 10.1 Å². The van der Waals surface area contributed by atoms with Gasteiger partial charge in [-0.05, 0) is 24.1 Å². The van der Waals surface area contributed by atoms with Crippen molar-refractivity contribution >= 4 is 33.7 Å². The summed E-state index contributed by atoms with van der Waals surface area (Å²) in [7, 11) is -1.34. The highest BCUT2D eigenvalue weighted by atomic mass is 32.2. The molecule has 1 aromatic carbocycles. The molecule has 43 heavy (non-hydrogen) atoms. The number of carbonyl (C=O) groups is 1. The lowest BCUT2D eigenvalue weighted by Crippen LogP contribution is -2.33. The van der Waals surface area contributed by atoms with Crippen molar-refractivity contribution in [3.63, 3.8) is 0 Å². The number of benzene rings is 1. The van der Waals surface area contributed by atoms with Crippen LogP contribution in [-0.2, 0) is 22.6 Å². The van der Waals surface area contributed by atoms with Gasteiger partial charge in [-0.3, -0.25) is 10.2 Å². The van der Waals surface area contributed by atoms with E-state index < -0.39 is 39.6 Å². The van der Waals surface area contributed by atoms with Gasteiger partial charge >= 0.3 is 6.18 Å². The second kappa shape index (κ2) is 13.5.